The maximum atomic E-state index is 10.3. The van der Waals surface area contributed by atoms with Crippen molar-refractivity contribution < 1.29 is 9.84 Å². The minimum atomic E-state index is -0.303. The largest absolute Gasteiger partial charge is 0.495 e. The van der Waals surface area contributed by atoms with Crippen LogP contribution in [-0.2, 0) is 0 Å². The Kier molecular flexibility index (Phi) is 6.62. The van der Waals surface area contributed by atoms with Crippen LogP contribution in [0.2, 0.25) is 0 Å². The highest BCUT2D eigenvalue weighted by Crippen LogP contribution is 2.28. The summed E-state index contributed by atoms with van der Waals surface area (Å²) >= 11 is 1.72. The molecule has 1 heterocycles. The molecule has 1 fully saturated rings. The minimum Gasteiger partial charge on any atom is -0.495 e. The smallest absolute Gasteiger partial charge is 0.142 e. The maximum Gasteiger partial charge on any atom is 0.142 e. The number of rotatable bonds is 7. The summed E-state index contributed by atoms with van der Waals surface area (Å²) in [6.07, 6.45) is -0.303. The lowest BCUT2D eigenvalue weighted by Crippen LogP contribution is -2.49. The van der Waals surface area contributed by atoms with Gasteiger partial charge in [0.05, 0.1) is 18.9 Å². The van der Waals surface area contributed by atoms with Gasteiger partial charge in [0.25, 0.3) is 0 Å². The minimum absolute atomic E-state index is 0.303. The Hall–Kier alpha value is -1.69. The molecular formula is C20H26N2O2S. The predicted molar refractivity (Wildman–Crippen MR) is 105 cm³/mol. The SMILES string of the molecule is COc1ccccc1N1CCN(CC(O)CSc2ccccc2)CC1. The fraction of sp³-hybridized carbons (Fsp3) is 0.400. The number of β-amino-alcohol motifs (C(OH)–C–C–N with tert-alkyl or cyclic N) is 1. The molecule has 2 aromatic rings. The van der Waals surface area contributed by atoms with Crippen LogP contribution in [0.4, 0.5) is 5.69 Å². The quantitative estimate of drug-likeness (QED) is 0.770. The lowest BCUT2D eigenvalue weighted by Gasteiger charge is -2.37. The van der Waals surface area contributed by atoms with Gasteiger partial charge >= 0.3 is 0 Å². The first-order valence-corrected chi connectivity index (χ1v) is 9.71. The first-order chi connectivity index (χ1) is 12.3. The Labute approximate surface area is 154 Å². The van der Waals surface area contributed by atoms with E-state index in [1.54, 1.807) is 18.9 Å². The second-order valence-corrected chi connectivity index (χ2v) is 7.33. The molecule has 0 amide bonds. The number of hydrogen-bond acceptors (Lipinski definition) is 5. The monoisotopic (exact) mass is 358 g/mol. The number of thioether (sulfide) groups is 1. The molecule has 3 rings (SSSR count). The van der Waals surface area contributed by atoms with Gasteiger partial charge in [-0.05, 0) is 24.3 Å². The Morgan fingerprint density at radius 1 is 1.00 bits per heavy atom. The van der Waals surface area contributed by atoms with Gasteiger partial charge in [-0.3, -0.25) is 4.90 Å². The van der Waals surface area contributed by atoms with E-state index in [4.69, 9.17) is 4.74 Å². The molecule has 0 aliphatic carbocycles. The Bertz CT molecular complexity index is 645. The van der Waals surface area contributed by atoms with Crippen molar-refractivity contribution in [2.75, 3.05) is 50.5 Å². The zero-order valence-electron chi connectivity index (χ0n) is 14.7. The number of nitrogens with zero attached hydrogens (tertiary/aromatic N) is 2. The molecule has 2 aromatic carbocycles. The van der Waals surface area contributed by atoms with Gasteiger partial charge in [-0.2, -0.15) is 0 Å². The average molecular weight is 359 g/mol. The van der Waals surface area contributed by atoms with Crippen LogP contribution in [0, 0.1) is 0 Å². The van der Waals surface area contributed by atoms with Crippen molar-refractivity contribution in [2.24, 2.45) is 0 Å². The Morgan fingerprint density at radius 2 is 1.68 bits per heavy atom. The van der Waals surface area contributed by atoms with Crippen LogP contribution in [0.15, 0.2) is 59.5 Å². The van der Waals surface area contributed by atoms with Crippen LogP contribution in [0.3, 0.4) is 0 Å². The van der Waals surface area contributed by atoms with Crippen LogP contribution in [0.25, 0.3) is 0 Å². The van der Waals surface area contributed by atoms with Crippen molar-refractivity contribution in [3.63, 3.8) is 0 Å². The molecule has 0 saturated carbocycles. The van der Waals surface area contributed by atoms with E-state index >= 15 is 0 Å². The standard InChI is InChI=1S/C20H26N2O2S/c1-24-20-10-6-5-9-19(20)22-13-11-21(12-14-22)15-17(23)16-25-18-7-3-2-4-8-18/h2-10,17,23H,11-16H2,1H3. The number of anilines is 1. The van der Waals surface area contributed by atoms with Crippen molar-refractivity contribution >= 4 is 17.4 Å². The molecule has 1 atom stereocenters. The number of hydrogen-bond donors (Lipinski definition) is 1. The third-order valence-corrected chi connectivity index (χ3v) is 5.61. The molecule has 5 heteroatoms. The highest BCUT2D eigenvalue weighted by Gasteiger charge is 2.21. The number of methoxy groups -OCH3 is 1. The lowest BCUT2D eigenvalue weighted by atomic mass is 10.2. The fourth-order valence-corrected chi connectivity index (χ4v) is 3.96. The molecule has 1 saturated heterocycles. The predicted octanol–water partition coefficient (Wildman–Crippen LogP) is 2.97. The Balaban J connectivity index is 1.44. The van der Waals surface area contributed by atoms with E-state index < -0.39 is 0 Å². The number of aliphatic hydroxyl groups is 1. The summed E-state index contributed by atoms with van der Waals surface area (Å²) in [5.41, 5.74) is 1.16. The molecular weight excluding hydrogens is 332 g/mol. The van der Waals surface area contributed by atoms with Gasteiger partial charge < -0.3 is 14.7 Å². The van der Waals surface area contributed by atoms with E-state index in [-0.39, 0.29) is 6.10 Å². The summed E-state index contributed by atoms with van der Waals surface area (Å²) in [6, 6.07) is 18.4. The third kappa shape index (κ3) is 5.14. The highest BCUT2D eigenvalue weighted by atomic mass is 32.2. The van der Waals surface area contributed by atoms with Crippen LogP contribution < -0.4 is 9.64 Å². The van der Waals surface area contributed by atoms with Crippen molar-refractivity contribution in [2.45, 2.75) is 11.0 Å². The molecule has 134 valence electrons. The molecule has 1 aliphatic rings. The molecule has 0 bridgehead atoms. The molecule has 0 spiro atoms. The highest BCUT2D eigenvalue weighted by molar-refractivity contribution is 7.99. The second-order valence-electron chi connectivity index (χ2n) is 6.24. The summed E-state index contributed by atoms with van der Waals surface area (Å²) in [5, 5.41) is 10.3. The maximum absolute atomic E-state index is 10.3. The number of aliphatic hydroxyl groups excluding tert-OH is 1. The summed E-state index contributed by atoms with van der Waals surface area (Å²) in [6.45, 7) is 4.58. The zero-order chi connectivity index (χ0) is 17.5. The van der Waals surface area contributed by atoms with Gasteiger partial charge in [0.1, 0.15) is 5.75 Å². The normalized spacial score (nSPS) is 16.6. The van der Waals surface area contributed by atoms with Crippen LogP contribution in [0.1, 0.15) is 0 Å². The molecule has 1 N–H and O–H groups in total. The topological polar surface area (TPSA) is 35.9 Å². The van der Waals surface area contributed by atoms with Gasteiger partial charge in [0.2, 0.25) is 0 Å². The van der Waals surface area contributed by atoms with E-state index in [1.165, 1.54) is 4.90 Å². The van der Waals surface area contributed by atoms with Crippen molar-refractivity contribution in [1.82, 2.24) is 4.90 Å². The van der Waals surface area contributed by atoms with Gasteiger partial charge in [-0.25, -0.2) is 0 Å². The lowest BCUT2D eigenvalue weighted by molar-refractivity contribution is 0.126. The van der Waals surface area contributed by atoms with Crippen LogP contribution in [-0.4, -0.2) is 61.7 Å². The molecule has 4 nitrogen and oxygen atoms in total. The summed E-state index contributed by atoms with van der Waals surface area (Å²) in [5.74, 6) is 1.66. The molecule has 25 heavy (non-hydrogen) atoms. The van der Waals surface area contributed by atoms with Gasteiger partial charge in [-0.15, -0.1) is 11.8 Å². The first kappa shape index (κ1) is 18.1. The van der Waals surface area contributed by atoms with Crippen LogP contribution >= 0.6 is 11.8 Å². The van der Waals surface area contributed by atoms with Crippen molar-refractivity contribution in [3.8, 4) is 5.75 Å². The number of benzene rings is 2. The molecule has 0 radical (unpaired) electrons. The zero-order valence-corrected chi connectivity index (χ0v) is 15.5. The van der Waals surface area contributed by atoms with E-state index in [0.29, 0.717) is 0 Å². The summed E-state index contributed by atoms with van der Waals surface area (Å²) in [4.78, 5) is 5.92. The first-order valence-electron chi connectivity index (χ1n) is 8.72. The third-order valence-electron chi connectivity index (χ3n) is 4.45. The number of para-hydroxylation sites is 2. The van der Waals surface area contributed by atoms with Gasteiger partial charge in [0.15, 0.2) is 0 Å². The summed E-state index contributed by atoms with van der Waals surface area (Å²) < 4.78 is 5.47. The molecule has 0 aromatic heterocycles. The van der Waals surface area contributed by atoms with Gasteiger partial charge in [-0.1, -0.05) is 30.3 Å². The van der Waals surface area contributed by atoms with Crippen molar-refractivity contribution in [3.05, 3.63) is 54.6 Å². The van der Waals surface area contributed by atoms with E-state index in [9.17, 15) is 5.11 Å². The molecule has 1 unspecified atom stereocenters. The fourth-order valence-electron chi connectivity index (χ4n) is 3.12. The Morgan fingerprint density at radius 3 is 2.40 bits per heavy atom. The van der Waals surface area contributed by atoms with E-state index in [2.05, 4.69) is 34.1 Å². The molecule has 1 aliphatic heterocycles. The van der Waals surface area contributed by atoms with E-state index in [1.807, 2.05) is 30.3 Å². The van der Waals surface area contributed by atoms with Crippen molar-refractivity contribution in [1.29, 1.82) is 0 Å². The second kappa shape index (κ2) is 9.13. The number of piperazine rings is 1. The average Bonchev–Trinajstić information content (AvgIpc) is 2.68. The van der Waals surface area contributed by atoms with Crippen LogP contribution in [0.5, 0.6) is 5.75 Å². The van der Waals surface area contributed by atoms with Gasteiger partial charge in [0, 0.05) is 43.4 Å². The summed E-state index contributed by atoms with van der Waals surface area (Å²) in [7, 11) is 1.72. The number of ether oxygens (including phenoxy) is 1. The van der Waals surface area contributed by atoms with E-state index in [0.717, 1.165) is 49.9 Å².